The molecule has 1 aromatic heterocycles. The summed E-state index contributed by atoms with van der Waals surface area (Å²) in [7, 11) is -3.59. The van der Waals surface area contributed by atoms with Crippen LogP contribution in [0.1, 0.15) is 55.1 Å². The summed E-state index contributed by atoms with van der Waals surface area (Å²) in [6.07, 6.45) is 2.94. The molecule has 0 saturated carbocycles. The summed E-state index contributed by atoms with van der Waals surface area (Å²) >= 11 is 0. The van der Waals surface area contributed by atoms with Crippen LogP contribution in [0.25, 0.3) is 0 Å². The van der Waals surface area contributed by atoms with E-state index in [2.05, 4.69) is 39.3 Å². The number of nitrogens with one attached hydrogen (secondary N) is 1. The number of aryl methyl sites for hydroxylation is 2. The third kappa shape index (κ3) is 5.91. The van der Waals surface area contributed by atoms with Crippen molar-refractivity contribution in [2.24, 2.45) is 0 Å². The Morgan fingerprint density at radius 1 is 1.03 bits per heavy atom. The Labute approximate surface area is 197 Å². The number of rotatable bonds is 9. The topological polar surface area (TPSA) is 67.2 Å². The van der Waals surface area contributed by atoms with Crippen molar-refractivity contribution in [2.75, 3.05) is 19.6 Å². The van der Waals surface area contributed by atoms with E-state index in [4.69, 9.17) is 0 Å². The smallest absolute Gasteiger partial charge is 0.241 e. The third-order valence-electron chi connectivity index (χ3n) is 6.53. The lowest BCUT2D eigenvalue weighted by atomic mass is 9.92. The summed E-state index contributed by atoms with van der Waals surface area (Å²) in [5.41, 5.74) is 3.44. The number of hydrogen-bond donors (Lipinski definition) is 1. The van der Waals surface area contributed by atoms with Gasteiger partial charge in [0.15, 0.2) is 0 Å². The van der Waals surface area contributed by atoms with Crippen LogP contribution in [0.4, 0.5) is 0 Å². The molecule has 33 heavy (non-hydrogen) atoms. The zero-order valence-corrected chi connectivity index (χ0v) is 20.3. The molecular weight excluding hydrogens is 432 g/mol. The summed E-state index contributed by atoms with van der Waals surface area (Å²) < 4.78 is 31.1. The minimum atomic E-state index is -3.59. The van der Waals surface area contributed by atoms with E-state index in [0.717, 1.165) is 56.7 Å². The first-order valence-electron chi connectivity index (χ1n) is 11.9. The van der Waals surface area contributed by atoms with E-state index in [9.17, 15) is 8.42 Å². The molecule has 1 unspecified atom stereocenters. The van der Waals surface area contributed by atoms with Crippen molar-refractivity contribution in [2.45, 2.75) is 56.5 Å². The van der Waals surface area contributed by atoms with Crippen LogP contribution in [0.5, 0.6) is 0 Å². The maximum Gasteiger partial charge on any atom is 0.241 e. The second-order valence-corrected chi connectivity index (χ2v) is 10.5. The van der Waals surface area contributed by atoms with Crippen molar-refractivity contribution in [3.05, 3.63) is 83.7 Å². The van der Waals surface area contributed by atoms with Gasteiger partial charge in [0.2, 0.25) is 10.0 Å². The van der Waals surface area contributed by atoms with Gasteiger partial charge < -0.3 is 4.90 Å². The summed E-state index contributed by atoms with van der Waals surface area (Å²) in [5.74, 6) is 0.545. The molecule has 1 saturated heterocycles. The van der Waals surface area contributed by atoms with Gasteiger partial charge in [-0.3, -0.25) is 4.68 Å². The van der Waals surface area contributed by atoms with Crippen molar-refractivity contribution < 1.29 is 8.42 Å². The SMILES string of the molecule is CCn1nc(C)cc1C1CCN(CCC(NS(=O)(=O)c2ccccc2)c2ccccc2)CC1. The molecule has 7 heteroatoms. The second-order valence-electron chi connectivity index (χ2n) is 8.83. The molecule has 0 aliphatic carbocycles. The Bertz CT molecular complexity index is 1120. The molecule has 6 nitrogen and oxygen atoms in total. The molecule has 0 bridgehead atoms. The second kappa shape index (κ2) is 10.6. The minimum absolute atomic E-state index is 0.265. The highest BCUT2D eigenvalue weighted by molar-refractivity contribution is 7.89. The van der Waals surface area contributed by atoms with Crippen LogP contribution in [0.15, 0.2) is 71.6 Å². The predicted molar refractivity (Wildman–Crippen MR) is 132 cm³/mol. The first-order valence-corrected chi connectivity index (χ1v) is 13.3. The zero-order valence-electron chi connectivity index (χ0n) is 19.5. The van der Waals surface area contributed by atoms with Crippen molar-refractivity contribution in [3.8, 4) is 0 Å². The van der Waals surface area contributed by atoms with Gasteiger partial charge in [0.05, 0.1) is 10.6 Å². The highest BCUT2D eigenvalue weighted by atomic mass is 32.2. The molecule has 0 radical (unpaired) electrons. The number of benzene rings is 2. The van der Waals surface area contributed by atoms with Gasteiger partial charge >= 0.3 is 0 Å². The molecule has 4 rings (SSSR count). The van der Waals surface area contributed by atoms with Gasteiger partial charge in [0.1, 0.15) is 0 Å². The molecule has 2 aromatic carbocycles. The van der Waals surface area contributed by atoms with Crippen LogP contribution < -0.4 is 4.72 Å². The lowest BCUT2D eigenvalue weighted by Crippen LogP contribution is -2.37. The van der Waals surface area contributed by atoms with Crippen molar-refractivity contribution in [3.63, 3.8) is 0 Å². The Morgan fingerprint density at radius 3 is 2.30 bits per heavy atom. The summed E-state index contributed by atoms with van der Waals surface area (Å²) in [5, 5.41) is 4.61. The number of aromatic nitrogens is 2. The molecule has 1 aliphatic rings. The molecular formula is C26H34N4O2S. The zero-order chi connectivity index (χ0) is 23.3. The molecule has 3 aromatic rings. The van der Waals surface area contributed by atoms with E-state index in [0.29, 0.717) is 10.8 Å². The average Bonchev–Trinajstić information content (AvgIpc) is 3.24. The van der Waals surface area contributed by atoms with Crippen molar-refractivity contribution in [1.82, 2.24) is 19.4 Å². The lowest BCUT2D eigenvalue weighted by molar-refractivity contribution is 0.201. The Balaban J connectivity index is 1.40. The average molecular weight is 467 g/mol. The number of sulfonamides is 1. The minimum Gasteiger partial charge on any atom is -0.303 e. The van der Waals surface area contributed by atoms with Crippen LogP contribution in [0.3, 0.4) is 0 Å². The highest BCUT2D eigenvalue weighted by Gasteiger charge is 2.26. The van der Waals surface area contributed by atoms with E-state index in [1.54, 1.807) is 24.3 Å². The van der Waals surface area contributed by atoms with E-state index in [-0.39, 0.29) is 6.04 Å². The monoisotopic (exact) mass is 466 g/mol. The van der Waals surface area contributed by atoms with Crippen LogP contribution >= 0.6 is 0 Å². The van der Waals surface area contributed by atoms with Gasteiger partial charge in [-0.25, -0.2) is 13.1 Å². The number of likely N-dealkylation sites (tertiary alicyclic amines) is 1. The van der Waals surface area contributed by atoms with Crippen LogP contribution in [-0.2, 0) is 16.6 Å². The molecule has 176 valence electrons. The Kier molecular flexibility index (Phi) is 7.63. The fraction of sp³-hybridized carbons (Fsp3) is 0.423. The van der Waals surface area contributed by atoms with Gasteiger partial charge in [0, 0.05) is 24.2 Å². The predicted octanol–water partition coefficient (Wildman–Crippen LogP) is 4.50. The summed E-state index contributed by atoms with van der Waals surface area (Å²) in [4.78, 5) is 2.76. The molecule has 0 spiro atoms. The Hall–Kier alpha value is -2.48. The molecule has 2 heterocycles. The lowest BCUT2D eigenvalue weighted by Gasteiger charge is -2.33. The van der Waals surface area contributed by atoms with Gasteiger partial charge in [-0.05, 0) is 76.5 Å². The molecule has 0 amide bonds. The summed E-state index contributed by atoms with van der Waals surface area (Å²) in [6.45, 7) is 8.01. The third-order valence-corrected chi connectivity index (χ3v) is 8.01. The standard InChI is InChI=1S/C26H34N4O2S/c1-3-30-26(20-21(2)27-30)23-14-17-29(18-15-23)19-16-25(22-10-6-4-7-11-22)28-33(31,32)24-12-8-5-9-13-24/h4-13,20,23,25,28H,3,14-19H2,1-2H3. The molecule has 1 aliphatic heterocycles. The van der Waals surface area contributed by atoms with Crippen LogP contribution in [-0.4, -0.2) is 42.7 Å². The quantitative estimate of drug-likeness (QED) is 0.504. The first-order chi connectivity index (χ1) is 16.0. The highest BCUT2D eigenvalue weighted by Crippen LogP contribution is 2.29. The van der Waals surface area contributed by atoms with E-state index in [1.807, 2.05) is 36.4 Å². The normalized spacial score (nSPS) is 16.7. The molecule has 1 N–H and O–H groups in total. The fourth-order valence-electron chi connectivity index (χ4n) is 4.75. The maximum atomic E-state index is 13.0. The van der Waals surface area contributed by atoms with Gasteiger partial charge in [0.25, 0.3) is 0 Å². The fourth-order valence-corrected chi connectivity index (χ4v) is 6.03. The van der Waals surface area contributed by atoms with Crippen LogP contribution in [0, 0.1) is 6.92 Å². The number of nitrogens with zero attached hydrogens (tertiary/aromatic N) is 3. The van der Waals surface area contributed by atoms with E-state index >= 15 is 0 Å². The van der Waals surface area contributed by atoms with Crippen LogP contribution in [0.2, 0.25) is 0 Å². The maximum absolute atomic E-state index is 13.0. The molecule has 1 atom stereocenters. The van der Waals surface area contributed by atoms with E-state index < -0.39 is 10.0 Å². The van der Waals surface area contributed by atoms with Crippen molar-refractivity contribution >= 4 is 10.0 Å². The molecule has 1 fully saturated rings. The van der Waals surface area contributed by atoms with Gasteiger partial charge in [-0.2, -0.15) is 5.10 Å². The number of piperidine rings is 1. The van der Waals surface area contributed by atoms with Crippen molar-refractivity contribution in [1.29, 1.82) is 0 Å². The Morgan fingerprint density at radius 2 is 1.67 bits per heavy atom. The summed E-state index contributed by atoms with van der Waals surface area (Å²) in [6, 6.07) is 20.4. The number of hydrogen-bond acceptors (Lipinski definition) is 4. The largest absolute Gasteiger partial charge is 0.303 e. The van der Waals surface area contributed by atoms with E-state index in [1.165, 1.54) is 5.69 Å². The van der Waals surface area contributed by atoms with Gasteiger partial charge in [-0.1, -0.05) is 48.5 Å². The van der Waals surface area contributed by atoms with Gasteiger partial charge in [-0.15, -0.1) is 0 Å². The first kappa shape index (κ1) is 23.7.